The number of anilines is 2. The van der Waals surface area contributed by atoms with Crippen LogP contribution in [0.1, 0.15) is 11.1 Å². The van der Waals surface area contributed by atoms with E-state index in [2.05, 4.69) is 0 Å². The van der Waals surface area contributed by atoms with Crippen LogP contribution in [-0.4, -0.2) is 85.1 Å². The zero-order valence-corrected chi connectivity index (χ0v) is 19.8. The van der Waals surface area contributed by atoms with Crippen molar-refractivity contribution in [1.29, 1.82) is 0 Å². The average Bonchev–Trinajstić information content (AvgIpc) is 2.45. The third kappa shape index (κ3) is 6.64. The second-order valence-electron chi connectivity index (χ2n) is 4.88. The largest absolute Gasteiger partial charge is 0.399 e. The summed E-state index contributed by atoms with van der Waals surface area (Å²) in [4.78, 5) is -0.856. The Morgan fingerprint density at radius 3 is 1.27 bits per heavy atom. The summed E-state index contributed by atoms with van der Waals surface area (Å²) >= 11 is 0. The summed E-state index contributed by atoms with van der Waals surface area (Å²) in [6.07, 6.45) is 2.53. The van der Waals surface area contributed by atoms with E-state index in [-0.39, 0.29) is 81.6 Å². The molecule has 0 aromatic heterocycles. The van der Waals surface area contributed by atoms with Crippen molar-refractivity contribution < 1.29 is 25.9 Å². The van der Waals surface area contributed by atoms with E-state index in [1.54, 1.807) is 0 Å². The van der Waals surface area contributed by atoms with Crippen LogP contribution in [0, 0.1) is 0 Å². The Bertz CT molecular complexity index is 954. The van der Waals surface area contributed by atoms with Crippen LogP contribution in [0.2, 0.25) is 0 Å². The summed E-state index contributed by atoms with van der Waals surface area (Å²) in [6, 6.07) is 7.67. The maximum Gasteiger partial charge on any atom is 0.295 e. The van der Waals surface area contributed by atoms with E-state index < -0.39 is 30.0 Å². The maximum atomic E-state index is 11.4. The smallest absolute Gasteiger partial charge is 0.295 e. The molecule has 8 nitrogen and oxygen atoms in total. The van der Waals surface area contributed by atoms with E-state index >= 15 is 0 Å². The summed E-state index contributed by atoms with van der Waals surface area (Å²) in [6.45, 7) is 0. The Hall–Kier alpha value is -0.400. The molecule has 130 valence electrons. The third-order valence-corrected chi connectivity index (χ3v) is 4.89. The minimum Gasteiger partial charge on any atom is -0.399 e. The van der Waals surface area contributed by atoms with Gasteiger partial charge in [-0.1, -0.05) is 24.3 Å². The number of nitrogen functional groups attached to an aromatic ring is 2. The van der Waals surface area contributed by atoms with Crippen LogP contribution in [-0.2, 0) is 20.2 Å². The van der Waals surface area contributed by atoms with Crippen LogP contribution in [0.25, 0.3) is 12.2 Å². The first-order chi connectivity index (χ1) is 11.0. The fraction of sp³-hybridized carbons (Fsp3) is 0. The van der Waals surface area contributed by atoms with Crippen molar-refractivity contribution in [1.82, 2.24) is 0 Å². The molecule has 0 heterocycles. The Morgan fingerprint density at radius 1 is 0.692 bits per heavy atom. The van der Waals surface area contributed by atoms with Gasteiger partial charge in [0.15, 0.2) is 0 Å². The monoisotopic (exact) mass is 416 g/mol. The van der Waals surface area contributed by atoms with Gasteiger partial charge >= 0.3 is 0 Å². The molecule has 2 radical (unpaired) electrons. The number of benzene rings is 2. The van der Waals surface area contributed by atoms with Crippen LogP contribution >= 0.6 is 0 Å². The van der Waals surface area contributed by atoms with E-state index in [9.17, 15) is 25.9 Å². The molecule has 2 rings (SSSR count). The third-order valence-electron chi connectivity index (χ3n) is 3.07. The number of hydrogen-bond donors (Lipinski definition) is 4. The molecule has 12 heteroatoms. The molecular weight excluding hydrogens is 402 g/mol. The fourth-order valence-electron chi connectivity index (χ4n) is 2.00. The first-order valence-electron chi connectivity index (χ1n) is 6.40. The van der Waals surface area contributed by atoms with Crippen molar-refractivity contribution in [2.75, 3.05) is 11.5 Å². The molecule has 0 bridgehead atoms. The molecule has 0 unspecified atom stereocenters. The van der Waals surface area contributed by atoms with Crippen molar-refractivity contribution in [3.63, 3.8) is 0 Å². The first-order valence-corrected chi connectivity index (χ1v) is 9.28. The van der Waals surface area contributed by atoms with Gasteiger partial charge < -0.3 is 11.5 Å². The molecule has 0 atom stereocenters. The molecule has 6 N–H and O–H groups in total. The second-order valence-corrected chi connectivity index (χ2v) is 7.66. The van der Waals surface area contributed by atoms with Crippen molar-refractivity contribution >= 4 is 103 Å². The molecule has 2 aromatic rings. The maximum absolute atomic E-state index is 11.4. The average molecular weight is 416 g/mol. The first kappa shape index (κ1) is 25.6. The van der Waals surface area contributed by atoms with Gasteiger partial charge in [0.25, 0.3) is 20.2 Å². The quantitative estimate of drug-likeness (QED) is 0.246. The molecular formula is C14H14N2Na2O6S2. The van der Waals surface area contributed by atoms with E-state index in [1.807, 2.05) is 0 Å². The molecule has 0 amide bonds. The van der Waals surface area contributed by atoms with E-state index in [4.69, 9.17) is 11.5 Å². The Balaban J connectivity index is 0.00000312. The van der Waals surface area contributed by atoms with Crippen molar-refractivity contribution in [3.8, 4) is 0 Å². The summed E-state index contributed by atoms with van der Waals surface area (Å²) in [5.74, 6) is 0. The van der Waals surface area contributed by atoms with Gasteiger partial charge in [-0.25, -0.2) is 0 Å². The molecule has 0 aliphatic rings. The van der Waals surface area contributed by atoms with Crippen LogP contribution < -0.4 is 11.5 Å². The SMILES string of the molecule is Nc1ccc(C=Cc2ccc(N)cc2S(=O)(=O)O)c(S(=O)(=O)O)c1.[Na].[Na]. The number of nitrogens with two attached hydrogens (primary N) is 2. The molecule has 0 spiro atoms. The Labute approximate surface area is 195 Å². The summed E-state index contributed by atoms with van der Waals surface area (Å²) in [5, 5.41) is 0. The summed E-state index contributed by atoms with van der Waals surface area (Å²) in [7, 11) is -9.05. The molecule has 0 saturated heterocycles. The van der Waals surface area contributed by atoms with Crippen LogP contribution in [0.3, 0.4) is 0 Å². The van der Waals surface area contributed by atoms with Crippen LogP contribution in [0.5, 0.6) is 0 Å². The Morgan fingerprint density at radius 2 is 1.00 bits per heavy atom. The minimum absolute atomic E-state index is 0. The Kier molecular flexibility index (Phi) is 9.54. The number of rotatable bonds is 4. The topological polar surface area (TPSA) is 161 Å². The van der Waals surface area contributed by atoms with Gasteiger partial charge in [-0.15, -0.1) is 0 Å². The van der Waals surface area contributed by atoms with Crippen LogP contribution in [0.15, 0.2) is 46.2 Å². The van der Waals surface area contributed by atoms with E-state index in [0.29, 0.717) is 0 Å². The van der Waals surface area contributed by atoms with Gasteiger partial charge in [0.1, 0.15) is 9.79 Å². The molecule has 0 aliphatic carbocycles. The molecule has 0 fully saturated rings. The molecule has 0 saturated carbocycles. The molecule has 0 aliphatic heterocycles. The second kappa shape index (κ2) is 9.69. The predicted molar refractivity (Wildman–Crippen MR) is 102 cm³/mol. The molecule has 26 heavy (non-hydrogen) atoms. The van der Waals surface area contributed by atoms with E-state index in [1.165, 1.54) is 36.4 Å². The van der Waals surface area contributed by atoms with Gasteiger partial charge in [0, 0.05) is 70.5 Å². The van der Waals surface area contributed by atoms with Crippen molar-refractivity contribution in [2.45, 2.75) is 9.79 Å². The van der Waals surface area contributed by atoms with Gasteiger partial charge in [0.2, 0.25) is 0 Å². The standard InChI is InChI=1S/C14H14N2O6S2.2Na/c15-11-5-3-9(13(7-11)23(17,18)19)1-2-10-4-6-12(16)8-14(10)24(20,21)22;;/h1-8H,15-16H2,(H,17,18,19)(H,20,21,22);;. The van der Waals surface area contributed by atoms with Gasteiger partial charge in [0.05, 0.1) is 0 Å². The number of hydrogen-bond acceptors (Lipinski definition) is 6. The summed E-state index contributed by atoms with van der Waals surface area (Å²) < 4.78 is 64.1. The minimum atomic E-state index is -4.52. The van der Waals surface area contributed by atoms with Crippen molar-refractivity contribution in [2.24, 2.45) is 0 Å². The molecule has 2 aromatic carbocycles. The van der Waals surface area contributed by atoms with E-state index in [0.717, 1.165) is 12.1 Å². The van der Waals surface area contributed by atoms with Gasteiger partial charge in [-0.05, 0) is 35.4 Å². The summed E-state index contributed by atoms with van der Waals surface area (Å²) in [5.41, 5.74) is 11.4. The zero-order chi connectivity index (χ0) is 18.1. The zero-order valence-electron chi connectivity index (χ0n) is 14.1. The van der Waals surface area contributed by atoms with Crippen molar-refractivity contribution in [3.05, 3.63) is 47.5 Å². The predicted octanol–water partition coefficient (Wildman–Crippen LogP) is 0.753. The van der Waals surface area contributed by atoms with Gasteiger partial charge in [-0.3, -0.25) is 9.11 Å². The van der Waals surface area contributed by atoms with Gasteiger partial charge in [-0.2, -0.15) is 16.8 Å². The van der Waals surface area contributed by atoms with Crippen LogP contribution in [0.4, 0.5) is 11.4 Å². The normalized spacial score (nSPS) is 11.6. The fourth-order valence-corrected chi connectivity index (χ4v) is 3.44.